The lowest BCUT2D eigenvalue weighted by Gasteiger charge is -2.20. The molecule has 0 heterocycles. The molecule has 5 heteroatoms. The van der Waals surface area contributed by atoms with Crippen LogP contribution in [0.4, 0.5) is 4.39 Å². The molecule has 0 unspecified atom stereocenters. The van der Waals surface area contributed by atoms with E-state index < -0.39 is 0 Å². The average Bonchev–Trinajstić information content (AvgIpc) is 2.25. The fourth-order valence-corrected chi connectivity index (χ4v) is 1.75. The molecule has 0 aliphatic heterocycles. The Hall–Kier alpha value is -1.91. The molecule has 0 aliphatic rings. The second kappa shape index (κ2) is 6.50. The monoisotopic (exact) mass is 280 g/mol. The van der Waals surface area contributed by atoms with E-state index in [1.54, 1.807) is 6.92 Å². The highest BCUT2D eigenvalue weighted by molar-refractivity contribution is 5.95. The first-order valence-corrected chi connectivity index (χ1v) is 6.54. The zero-order valence-electron chi connectivity index (χ0n) is 12.3. The van der Waals surface area contributed by atoms with Gasteiger partial charge in [-0.2, -0.15) is 0 Å². The van der Waals surface area contributed by atoms with Gasteiger partial charge in [-0.1, -0.05) is 0 Å². The van der Waals surface area contributed by atoms with Gasteiger partial charge in [0.25, 0.3) is 5.91 Å². The molecule has 0 spiro atoms. The molecule has 1 aromatic rings. The summed E-state index contributed by atoms with van der Waals surface area (Å²) >= 11 is 0. The molecule has 0 saturated heterocycles. The highest BCUT2D eigenvalue weighted by Crippen LogP contribution is 2.09. The molecule has 0 saturated carbocycles. The molecule has 20 heavy (non-hydrogen) atoms. The summed E-state index contributed by atoms with van der Waals surface area (Å²) in [6.07, 6.45) is 0.212. The van der Waals surface area contributed by atoms with Crippen molar-refractivity contribution in [2.45, 2.75) is 39.7 Å². The van der Waals surface area contributed by atoms with E-state index >= 15 is 0 Å². The Balaban J connectivity index is 2.46. The summed E-state index contributed by atoms with van der Waals surface area (Å²) in [6.45, 7) is 7.60. The molecule has 0 bridgehead atoms. The third-order valence-corrected chi connectivity index (χ3v) is 2.59. The molecule has 0 atom stereocenters. The first-order chi connectivity index (χ1) is 9.19. The van der Waals surface area contributed by atoms with Crippen LogP contribution < -0.4 is 10.6 Å². The third kappa shape index (κ3) is 5.38. The van der Waals surface area contributed by atoms with Crippen LogP contribution in [0.5, 0.6) is 0 Å². The molecule has 0 fully saturated rings. The third-order valence-electron chi connectivity index (χ3n) is 2.59. The summed E-state index contributed by atoms with van der Waals surface area (Å²) in [5.74, 6) is -0.789. The van der Waals surface area contributed by atoms with E-state index in [4.69, 9.17) is 0 Å². The first kappa shape index (κ1) is 16.1. The first-order valence-electron chi connectivity index (χ1n) is 6.54. The molecule has 2 N–H and O–H groups in total. The normalized spacial score (nSPS) is 11.1. The fourth-order valence-electron chi connectivity index (χ4n) is 1.75. The van der Waals surface area contributed by atoms with Crippen molar-refractivity contribution in [2.75, 3.05) is 6.54 Å². The van der Waals surface area contributed by atoms with Gasteiger partial charge in [0.2, 0.25) is 5.91 Å². The maximum absolute atomic E-state index is 12.9. The van der Waals surface area contributed by atoms with Crippen LogP contribution in [0.15, 0.2) is 18.2 Å². The summed E-state index contributed by atoms with van der Waals surface area (Å²) in [6, 6.07) is 3.99. The van der Waals surface area contributed by atoms with Gasteiger partial charge in [-0.25, -0.2) is 4.39 Å². The number of carbonyl (C=O) groups excluding carboxylic acids is 2. The molecule has 0 aromatic heterocycles. The van der Waals surface area contributed by atoms with Gasteiger partial charge in [-0.3, -0.25) is 9.59 Å². The highest BCUT2D eigenvalue weighted by atomic mass is 19.1. The SMILES string of the molecule is Cc1cc(F)ccc1C(=O)NCCC(=O)NC(C)(C)C. The maximum Gasteiger partial charge on any atom is 0.251 e. The number of nitrogens with one attached hydrogen (secondary N) is 2. The van der Waals surface area contributed by atoms with Crippen LogP contribution in [0.2, 0.25) is 0 Å². The lowest BCUT2D eigenvalue weighted by atomic mass is 10.1. The van der Waals surface area contributed by atoms with Crippen molar-refractivity contribution in [2.24, 2.45) is 0 Å². The lowest BCUT2D eigenvalue weighted by molar-refractivity contribution is -0.122. The molecular formula is C15H21FN2O2. The second-order valence-corrected chi connectivity index (χ2v) is 5.76. The van der Waals surface area contributed by atoms with Crippen LogP contribution in [-0.2, 0) is 4.79 Å². The summed E-state index contributed by atoms with van der Waals surface area (Å²) in [5, 5.41) is 5.47. The molecule has 1 rings (SSSR count). The van der Waals surface area contributed by atoms with E-state index in [1.165, 1.54) is 18.2 Å². The summed E-state index contributed by atoms with van der Waals surface area (Å²) in [7, 11) is 0. The minimum Gasteiger partial charge on any atom is -0.352 e. The fraction of sp³-hybridized carbons (Fsp3) is 0.467. The predicted molar refractivity (Wildman–Crippen MR) is 76.0 cm³/mol. The quantitative estimate of drug-likeness (QED) is 0.888. The predicted octanol–water partition coefficient (Wildman–Crippen LogP) is 2.17. The molecule has 0 radical (unpaired) electrons. The molecule has 1 aromatic carbocycles. The Morgan fingerprint density at radius 2 is 1.90 bits per heavy atom. The van der Waals surface area contributed by atoms with Gasteiger partial charge < -0.3 is 10.6 Å². The van der Waals surface area contributed by atoms with Crippen molar-refractivity contribution < 1.29 is 14.0 Å². The van der Waals surface area contributed by atoms with Crippen LogP contribution in [-0.4, -0.2) is 23.9 Å². The van der Waals surface area contributed by atoms with Crippen molar-refractivity contribution in [3.8, 4) is 0 Å². The topological polar surface area (TPSA) is 58.2 Å². The Morgan fingerprint density at radius 1 is 1.25 bits per heavy atom. The van der Waals surface area contributed by atoms with E-state index in [-0.39, 0.29) is 36.1 Å². The number of hydrogen-bond donors (Lipinski definition) is 2. The zero-order chi connectivity index (χ0) is 15.3. The standard InChI is InChI=1S/C15H21FN2O2/c1-10-9-11(16)5-6-12(10)14(20)17-8-7-13(19)18-15(2,3)4/h5-6,9H,7-8H2,1-4H3,(H,17,20)(H,18,19). The molecule has 110 valence electrons. The van der Waals surface area contributed by atoms with Crippen molar-refractivity contribution in [3.63, 3.8) is 0 Å². The minimum atomic E-state index is -0.372. The Labute approximate surface area is 118 Å². The van der Waals surface area contributed by atoms with Gasteiger partial charge in [-0.15, -0.1) is 0 Å². The Morgan fingerprint density at radius 3 is 2.45 bits per heavy atom. The van der Waals surface area contributed by atoms with Crippen molar-refractivity contribution in [1.82, 2.24) is 10.6 Å². The number of aryl methyl sites for hydroxylation is 1. The summed E-state index contributed by atoms with van der Waals surface area (Å²) in [5.41, 5.74) is 0.707. The van der Waals surface area contributed by atoms with E-state index in [2.05, 4.69) is 10.6 Å². The number of rotatable bonds is 4. The number of amides is 2. The van der Waals surface area contributed by atoms with Crippen LogP contribution in [0, 0.1) is 12.7 Å². The Bertz CT molecular complexity index is 507. The van der Waals surface area contributed by atoms with Crippen LogP contribution >= 0.6 is 0 Å². The minimum absolute atomic E-state index is 0.117. The van der Waals surface area contributed by atoms with Gasteiger partial charge in [-0.05, 0) is 51.5 Å². The molecule has 4 nitrogen and oxygen atoms in total. The molecule has 0 aliphatic carbocycles. The van der Waals surface area contributed by atoms with Crippen molar-refractivity contribution in [3.05, 3.63) is 35.1 Å². The van der Waals surface area contributed by atoms with Crippen LogP contribution in [0.25, 0.3) is 0 Å². The van der Waals surface area contributed by atoms with E-state index in [1.807, 2.05) is 20.8 Å². The van der Waals surface area contributed by atoms with Crippen molar-refractivity contribution in [1.29, 1.82) is 0 Å². The zero-order valence-corrected chi connectivity index (χ0v) is 12.3. The summed E-state index contributed by atoms with van der Waals surface area (Å²) in [4.78, 5) is 23.5. The smallest absolute Gasteiger partial charge is 0.251 e. The number of carbonyl (C=O) groups is 2. The summed E-state index contributed by atoms with van der Waals surface area (Å²) < 4.78 is 12.9. The van der Waals surface area contributed by atoms with Gasteiger partial charge in [0.1, 0.15) is 5.82 Å². The van der Waals surface area contributed by atoms with Crippen molar-refractivity contribution >= 4 is 11.8 Å². The van der Waals surface area contributed by atoms with Crippen LogP contribution in [0.1, 0.15) is 43.1 Å². The Kier molecular flexibility index (Phi) is 5.25. The molecular weight excluding hydrogens is 259 g/mol. The van der Waals surface area contributed by atoms with Gasteiger partial charge in [0.05, 0.1) is 0 Å². The number of halogens is 1. The number of benzene rings is 1. The van der Waals surface area contributed by atoms with Crippen LogP contribution in [0.3, 0.4) is 0 Å². The largest absolute Gasteiger partial charge is 0.352 e. The average molecular weight is 280 g/mol. The highest BCUT2D eigenvalue weighted by Gasteiger charge is 2.14. The number of hydrogen-bond acceptors (Lipinski definition) is 2. The maximum atomic E-state index is 12.9. The van der Waals surface area contributed by atoms with Gasteiger partial charge in [0, 0.05) is 24.1 Å². The van der Waals surface area contributed by atoms with Gasteiger partial charge >= 0.3 is 0 Å². The lowest BCUT2D eigenvalue weighted by Crippen LogP contribution is -2.42. The van der Waals surface area contributed by atoms with E-state index in [0.717, 1.165) is 0 Å². The van der Waals surface area contributed by atoms with E-state index in [9.17, 15) is 14.0 Å². The molecule has 2 amide bonds. The van der Waals surface area contributed by atoms with E-state index in [0.29, 0.717) is 11.1 Å². The second-order valence-electron chi connectivity index (χ2n) is 5.76. The van der Waals surface area contributed by atoms with Gasteiger partial charge in [0.15, 0.2) is 0 Å².